The van der Waals surface area contributed by atoms with Crippen molar-refractivity contribution >= 4 is 39.0 Å². The molecule has 2 N–H and O–H groups in total. The van der Waals surface area contributed by atoms with E-state index in [0.29, 0.717) is 42.9 Å². The van der Waals surface area contributed by atoms with E-state index in [-0.39, 0.29) is 34.8 Å². The van der Waals surface area contributed by atoms with Crippen molar-refractivity contribution in [1.29, 1.82) is 0 Å². The van der Waals surface area contributed by atoms with Crippen molar-refractivity contribution in [1.82, 2.24) is 4.90 Å². The summed E-state index contributed by atoms with van der Waals surface area (Å²) in [6.45, 7) is 2.05. The maximum absolute atomic E-state index is 13.2. The van der Waals surface area contributed by atoms with E-state index in [1.807, 2.05) is 0 Å². The van der Waals surface area contributed by atoms with Gasteiger partial charge in [-0.15, -0.1) is 0 Å². The van der Waals surface area contributed by atoms with Gasteiger partial charge >= 0.3 is 0 Å². The van der Waals surface area contributed by atoms with Crippen LogP contribution in [-0.2, 0) is 14.8 Å². The van der Waals surface area contributed by atoms with E-state index in [2.05, 4.69) is 10.0 Å². The molecular weight excluding hydrogens is 446 g/mol. The summed E-state index contributed by atoms with van der Waals surface area (Å²) in [6.07, 6.45) is 1.99. The lowest BCUT2D eigenvalue weighted by Gasteiger charge is -2.32. The number of piperidine rings is 1. The number of hydrogen-bond donors (Lipinski definition) is 2. The Kier molecular flexibility index (Phi) is 7.37. The number of nitrogens with one attached hydrogen (secondary N) is 2. The first kappa shape index (κ1) is 24.2. The van der Waals surface area contributed by atoms with Crippen LogP contribution in [0.1, 0.15) is 40.5 Å². The van der Waals surface area contributed by atoms with Crippen LogP contribution >= 0.6 is 0 Å². The second kappa shape index (κ2) is 10.0. The number of likely N-dealkylation sites (tertiary alicyclic amines) is 1. The van der Waals surface area contributed by atoms with Gasteiger partial charge in [-0.1, -0.05) is 0 Å². The Morgan fingerprint density at radius 3 is 2.21 bits per heavy atom. The van der Waals surface area contributed by atoms with Crippen LogP contribution < -0.4 is 14.8 Å². The number of Topliss-reactive ketones (excluding diaryl/α,β-unsaturated/α-hetero) is 1. The molecule has 0 unspecified atom stereocenters. The summed E-state index contributed by atoms with van der Waals surface area (Å²) in [6, 6.07) is 11.4. The molecule has 0 radical (unpaired) electrons. The molecule has 0 atom stereocenters. The topological polar surface area (TPSA) is 122 Å². The Morgan fingerprint density at radius 1 is 1.03 bits per heavy atom. The van der Waals surface area contributed by atoms with Crippen LogP contribution in [0.5, 0.6) is 5.75 Å². The first-order valence-electron chi connectivity index (χ1n) is 10.4. The number of rotatable bonds is 7. The molecule has 0 spiro atoms. The van der Waals surface area contributed by atoms with Gasteiger partial charge in [0.25, 0.3) is 5.91 Å². The minimum atomic E-state index is -3.62. The molecule has 0 aromatic heterocycles. The molecule has 0 saturated carbocycles. The van der Waals surface area contributed by atoms with Gasteiger partial charge in [-0.25, -0.2) is 8.42 Å². The summed E-state index contributed by atoms with van der Waals surface area (Å²) in [4.78, 5) is 39.1. The van der Waals surface area contributed by atoms with E-state index in [1.54, 1.807) is 36.3 Å². The molecule has 10 heteroatoms. The molecule has 1 heterocycles. The third-order valence-electron chi connectivity index (χ3n) is 5.39. The van der Waals surface area contributed by atoms with E-state index in [1.165, 1.54) is 25.1 Å². The van der Waals surface area contributed by atoms with Gasteiger partial charge in [-0.3, -0.25) is 19.1 Å². The van der Waals surface area contributed by atoms with Crippen molar-refractivity contribution in [2.45, 2.75) is 19.8 Å². The Hall–Kier alpha value is -3.40. The lowest BCUT2D eigenvalue weighted by atomic mass is 9.88. The van der Waals surface area contributed by atoms with Gasteiger partial charge < -0.3 is 15.0 Å². The molecule has 2 aromatic rings. The first-order valence-corrected chi connectivity index (χ1v) is 12.3. The van der Waals surface area contributed by atoms with Crippen LogP contribution in [0.2, 0.25) is 0 Å². The van der Waals surface area contributed by atoms with Crippen molar-refractivity contribution in [3.05, 3.63) is 53.6 Å². The number of ketones is 1. The highest BCUT2D eigenvalue weighted by Crippen LogP contribution is 2.27. The fraction of sp³-hybridized carbons (Fsp3) is 0.348. The van der Waals surface area contributed by atoms with Gasteiger partial charge in [0.2, 0.25) is 15.9 Å². The molecule has 1 fully saturated rings. The smallest absolute Gasteiger partial charge is 0.256 e. The minimum Gasteiger partial charge on any atom is -0.497 e. The maximum atomic E-state index is 13.2. The van der Waals surface area contributed by atoms with E-state index in [0.717, 1.165) is 6.26 Å². The fourth-order valence-electron chi connectivity index (χ4n) is 3.80. The Labute approximate surface area is 193 Å². The second-order valence-electron chi connectivity index (χ2n) is 7.98. The van der Waals surface area contributed by atoms with Crippen LogP contribution in [0.15, 0.2) is 42.5 Å². The number of sulfonamides is 1. The normalized spacial score (nSPS) is 14.5. The molecule has 1 saturated heterocycles. The zero-order valence-corrected chi connectivity index (χ0v) is 19.6. The van der Waals surface area contributed by atoms with Crippen LogP contribution in [-0.4, -0.2) is 57.4 Å². The summed E-state index contributed by atoms with van der Waals surface area (Å²) in [5, 5.41) is 2.60. The first-order chi connectivity index (χ1) is 15.6. The van der Waals surface area contributed by atoms with E-state index in [4.69, 9.17) is 4.74 Å². The van der Waals surface area contributed by atoms with Crippen LogP contribution in [0, 0.1) is 5.92 Å². The number of amides is 2. The average molecular weight is 474 g/mol. The summed E-state index contributed by atoms with van der Waals surface area (Å²) in [5.74, 6) is -0.190. The van der Waals surface area contributed by atoms with E-state index in [9.17, 15) is 22.8 Å². The number of carbonyl (C=O) groups is 3. The standard InChI is InChI=1S/C23H27N3O6S/c1-15(27)24-18-6-9-21(25-33(3,30)31)20(14-18)23(29)26-12-10-17(11-13-26)22(28)16-4-7-19(32-2)8-5-16/h4-9,14,17,25H,10-13H2,1-3H3,(H,24,27). The third kappa shape index (κ3) is 6.32. The monoisotopic (exact) mass is 473 g/mol. The maximum Gasteiger partial charge on any atom is 0.256 e. The average Bonchev–Trinajstić information content (AvgIpc) is 2.78. The van der Waals surface area contributed by atoms with Crippen molar-refractivity contribution in [2.24, 2.45) is 5.92 Å². The number of carbonyl (C=O) groups excluding carboxylic acids is 3. The lowest BCUT2D eigenvalue weighted by Crippen LogP contribution is -2.40. The van der Waals surface area contributed by atoms with Crippen LogP contribution in [0.3, 0.4) is 0 Å². The molecule has 176 valence electrons. The molecule has 2 aromatic carbocycles. The predicted octanol–water partition coefficient (Wildman–Crippen LogP) is 2.76. The second-order valence-corrected chi connectivity index (χ2v) is 9.72. The third-order valence-corrected chi connectivity index (χ3v) is 5.98. The molecule has 33 heavy (non-hydrogen) atoms. The van der Waals surface area contributed by atoms with Gasteiger partial charge in [0.05, 0.1) is 24.6 Å². The Balaban J connectivity index is 1.74. The predicted molar refractivity (Wildman–Crippen MR) is 125 cm³/mol. The van der Waals surface area contributed by atoms with Gasteiger partial charge in [0.15, 0.2) is 5.78 Å². The molecule has 0 bridgehead atoms. The summed E-state index contributed by atoms with van der Waals surface area (Å²) >= 11 is 0. The molecule has 1 aliphatic heterocycles. The van der Waals surface area contributed by atoms with Crippen molar-refractivity contribution < 1.29 is 27.5 Å². The number of methoxy groups -OCH3 is 1. The minimum absolute atomic E-state index is 0.0249. The number of ether oxygens (including phenoxy) is 1. The lowest BCUT2D eigenvalue weighted by molar-refractivity contribution is -0.114. The van der Waals surface area contributed by atoms with E-state index < -0.39 is 10.0 Å². The number of hydrogen-bond acceptors (Lipinski definition) is 6. The molecular formula is C23H27N3O6S. The Morgan fingerprint density at radius 2 is 1.67 bits per heavy atom. The molecule has 1 aliphatic rings. The number of benzene rings is 2. The number of nitrogens with zero attached hydrogens (tertiary/aromatic N) is 1. The summed E-state index contributed by atoms with van der Waals surface area (Å²) < 4.78 is 31.0. The highest BCUT2D eigenvalue weighted by Gasteiger charge is 2.29. The van der Waals surface area contributed by atoms with Crippen molar-refractivity contribution in [3.8, 4) is 5.75 Å². The molecule has 3 rings (SSSR count). The van der Waals surface area contributed by atoms with Gasteiger partial charge in [-0.2, -0.15) is 0 Å². The van der Waals surface area contributed by atoms with Crippen molar-refractivity contribution in [3.63, 3.8) is 0 Å². The Bertz CT molecular complexity index is 1150. The van der Waals surface area contributed by atoms with Crippen LogP contribution in [0.25, 0.3) is 0 Å². The van der Waals surface area contributed by atoms with Gasteiger partial charge in [0, 0.05) is 37.2 Å². The summed E-state index contributed by atoms with van der Waals surface area (Å²) in [5.41, 5.74) is 1.25. The van der Waals surface area contributed by atoms with E-state index >= 15 is 0 Å². The summed E-state index contributed by atoms with van der Waals surface area (Å²) in [7, 11) is -2.06. The zero-order chi connectivity index (χ0) is 24.2. The zero-order valence-electron chi connectivity index (χ0n) is 18.8. The van der Waals surface area contributed by atoms with Gasteiger partial charge in [-0.05, 0) is 55.3 Å². The SMILES string of the molecule is COc1ccc(C(=O)C2CCN(C(=O)c3cc(NC(C)=O)ccc3NS(C)(=O)=O)CC2)cc1. The molecule has 9 nitrogen and oxygen atoms in total. The van der Waals surface area contributed by atoms with Gasteiger partial charge in [0.1, 0.15) is 5.75 Å². The highest BCUT2D eigenvalue weighted by atomic mass is 32.2. The van der Waals surface area contributed by atoms with Crippen molar-refractivity contribution in [2.75, 3.05) is 36.5 Å². The molecule has 0 aliphatic carbocycles. The largest absolute Gasteiger partial charge is 0.497 e. The number of anilines is 2. The highest BCUT2D eigenvalue weighted by molar-refractivity contribution is 7.92. The molecule has 2 amide bonds. The quantitative estimate of drug-likeness (QED) is 0.597. The van der Waals surface area contributed by atoms with Crippen LogP contribution in [0.4, 0.5) is 11.4 Å². The fourth-order valence-corrected chi connectivity index (χ4v) is 4.37.